The van der Waals surface area contributed by atoms with Crippen LogP contribution >= 0.6 is 0 Å². The minimum Gasteiger partial charge on any atom is -0.486 e. The minimum atomic E-state index is -0.129. The Balaban J connectivity index is 1.31. The molecule has 0 aliphatic carbocycles. The molecule has 150 valence electrons. The third kappa shape index (κ3) is 3.80. The number of hydrogen-bond donors (Lipinski definition) is 2. The fourth-order valence-corrected chi connectivity index (χ4v) is 3.38. The van der Waals surface area contributed by atoms with Crippen LogP contribution in [0.25, 0.3) is 10.9 Å². The van der Waals surface area contributed by atoms with Gasteiger partial charge in [0.1, 0.15) is 24.7 Å². The third-order valence-electron chi connectivity index (χ3n) is 4.90. The quantitative estimate of drug-likeness (QED) is 0.508. The van der Waals surface area contributed by atoms with Crippen LogP contribution in [0.1, 0.15) is 5.56 Å². The summed E-state index contributed by atoms with van der Waals surface area (Å²) in [5, 5.41) is 4.19. The average Bonchev–Trinajstić information content (AvgIpc) is 2.78. The van der Waals surface area contributed by atoms with E-state index in [4.69, 9.17) is 14.2 Å². The van der Waals surface area contributed by atoms with Crippen molar-refractivity contribution in [2.75, 3.05) is 18.5 Å². The van der Waals surface area contributed by atoms with Crippen LogP contribution in [0.15, 0.2) is 77.6 Å². The van der Waals surface area contributed by atoms with E-state index in [1.807, 2.05) is 72.8 Å². The van der Waals surface area contributed by atoms with Gasteiger partial charge >= 0.3 is 0 Å². The van der Waals surface area contributed by atoms with Crippen LogP contribution in [0.3, 0.4) is 0 Å². The molecule has 1 aliphatic rings. The Hall–Kier alpha value is -3.93. The molecular formula is C24H20N2O4. The number of nitrogens with one attached hydrogen (secondary N) is 2. The molecule has 0 unspecified atom stereocenters. The fraction of sp³-hybridized carbons (Fsp3) is 0.125. The number of aromatic nitrogens is 1. The van der Waals surface area contributed by atoms with Gasteiger partial charge in [-0.15, -0.1) is 0 Å². The van der Waals surface area contributed by atoms with Crippen molar-refractivity contribution in [3.05, 3.63) is 88.7 Å². The Labute approximate surface area is 173 Å². The van der Waals surface area contributed by atoms with E-state index in [1.165, 1.54) is 0 Å². The SMILES string of the molecule is O=c1[nH]c2cc3c(cc2cc1CNc1ccc(Oc2ccccc2)cc1)OCCO3. The van der Waals surface area contributed by atoms with Gasteiger partial charge in [-0.25, -0.2) is 0 Å². The fourth-order valence-electron chi connectivity index (χ4n) is 3.38. The number of aromatic amines is 1. The molecule has 0 spiro atoms. The van der Waals surface area contributed by atoms with E-state index in [0.29, 0.717) is 36.8 Å². The minimum absolute atomic E-state index is 0.129. The second kappa shape index (κ2) is 7.83. The molecule has 2 heterocycles. The van der Waals surface area contributed by atoms with Crippen molar-refractivity contribution < 1.29 is 14.2 Å². The van der Waals surface area contributed by atoms with Crippen molar-refractivity contribution in [2.24, 2.45) is 0 Å². The molecule has 30 heavy (non-hydrogen) atoms. The van der Waals surface area contributed by atoms with Gasteiger partial charge in [0.05, 0.1) is 5.52 Å². The summed E-state index contributed by atoms with van der Waals surface area (Å²) in [4.78, 5) is 15.4. The van der Waals surface area contributed by atoms with Crippen molar-refractivity contribution >= 4 is 16.6 Å². The smallest absolute Gasteiger partial charge is 0.253 e. The zero-order chi connectivity index (χ0) is 20.3. The van der Waals surface area contributed by atoms with Crippen LogP contribution in [0, 0.1) is 0 Å². The van der Waals surface area contributed by atoms with Crippen LogP contribution in [0.5, 0.6) is 23.0 Å². The highest BCUT2D eigenvalue weighted by Gasteiger charge is 2.14. The first-order valence-electron chi connectivity index (χ1n) is 9.77. The van der Waals surface area contributed by atoms with E-state index < -0.39 is 0 Å². The number of fused-ring (bicyclic) bond motifs is 2. The first-order chi connectivity index (χ1) is 14.7. The lowest BCUT2D eigenvalue weighted by Crippen LogP contribution is -2.17. The molecule has 1 aromatic heterocycles. The molecule has 6 heteroatoms. The maximum absolute atomic E-state index is 12.5. The first kappa shape index (κ1) is 18.1. The van der Waals surface area contributed by atoms with Gasteiger partial charge in [0.2, 0.25) is 0 Å². The second-order valence-electron chi connectivity index (χ2n) is 7.00. The van der Waals surface area contributed by atoms with Crippen molar-refractivity contribution in [1.82, 2.24) is 4.98 Å². The van der Waals surface area contributed by atoms with Crippen molar-refractivity contribution in [1.29, 1.82) is 0 Å². The van der Waals surface area contributed by atoms with E-state index in [9.17, 15) is 4.79 Å². The van der Waals surface area contributed by atoms with Crippen LogP contribution in [-0.2, 0) is 6.54 Å². The summed E-state index contributed by atoms with van der Waals surface area (Å²) in [6.45, 7) is 1.44. The molecule has 0 atom stereocenters. The van der Waals surface area contributed by atoms with Gasteiger partial charge in [-0.2, -0.15) is 0 Å². The predicted molar refractivity (Wildman–Crippen MR) is 116 cm³/mol. The molecule has 0 saturated carbocycles. The van der Waals surface area contributed by atoms with Gasteiger partial charge in [-0.3, -0.25) is 4.79 Å². The largest absolute Gasteiger partial charge is 0.486 e. The first-order valence-corrected chi connectivity index (χ1v) is 9.77. The van der Waals surface area contributed by atoms with E-state index in [0.717, 1.165) is 28.1 Å². The average molecular weight is 400 g/mol. The molecule has 0 amide bonds. The molecule has 0 radical (unpaired) electrons. The number of pyridine rings is 1. The molecular weight excluding hydrogens is 380 g/mol. The maximum Gasteiger partial charge on any atom is 0.253 e. The molecule has 0 saturated heterocycles. The van der Waals surface area contributed by atoms with Crippen LogP contribution in [-0.4, -0.2) is 18.2 Å². The highest BCUT2D eigenvalue weighted by molar-refractivity contribution is 5.83. The summed E-state index contributed by atoms with van der Waals surface area (Å²) in [7, 11) is 0. The number of ether oxygens (including phenoxy) is 3. The topological polar surface area (TPSA) is 72.6 Å². The standard InChI is InChI=1S/C24H20N2O4/c27-24-17(12-16-13-22-23(14-21(16)26-24)29-11-10-28-22)15-25-18-6-8-20(9-7-18)30-19-4-2-1-3-5-19/h1-9,12-14,25H,10-11,15H2,(H,26,27). The number of rotatable bonds is 5. The van der Waals surface area contributed by atoms with E-state index in [-0.39, 0.29) is 5.56 Å². The van der Waals surface area contributed by atoms with Gasteiger partial charge in [-0.1, -0.05) is 18.2 Å². The van der Waals surface area contributed by atoms with Gasteiger partial charge in [0, 0.05) is 29.2 Å². The van der Waals surface area contributed by atoms with Gasteiger partial charge in [-0.05, 0) is 48.5 Å². The zero-order valence-corrected chi connectivity index (χ0v) is 16.2. The Morgan fingerprint density at radius 2 is 1.57 bits per heavy atom. The molecule has 1 aliphatic heterocycles. The van der Waals surface area contributed by atoms with Crippen LogP contribution in [0.4, 0.5) is 5.69 Å². The third-order valence-corrected chi connectivity index (χ3v) is 4.90. The molecule has 0 bridgehead atoms. The van der Waals surface area contributed by atoms with E-state index >= 15 is 0 Å². The lowest BCUT2D eigenvalue weighted by molar-refractivity contribution is 0.172. The monoisotopic (exact) mass is 400 g/mol. The lowest BCUT2D eigenvalue weighted by Gasteiger charge is -2.19. The zero-order valence-electron chi connectivity index (χ0n) is 16.2. The highest BCUT2D eigenvalue weighted by atomic mass is 16.6. The summed E-state index contributed by atoms with van der Waals surface area (Å²) in [6.07, 6.45) is 0. The molecule has 6 nitrogen and oxygen atoms in total. The molecule has 5 rings (SSSR count). The number of hydrogen-bond acceptors (Lipinski definition) is 5. The van der Waals surface area contributed by atoms with Crippen molar-refractivity contribution in [2.45, 2.75) is 6.54 Å². The summed E-state index contributed by atoms with van der Waals surface area (Å²) in [5.41, 5.74) is 2.15. The van der Waals surface area contributed by atoms with Crippen LogP contribution in [0.2, 0.25) is 0 Å². The number of anilines is 1. The summed E-state index contributed by atoms with van der Waals surface area (Å²) >= 11 is 0. The Morgan fingerprint density at radius 1 is 0.867 bits per heavy atom. The second-order valence-corrected chi connectivity index (χ2v) is 7.00. The molecule has 2 N–H and O–H groups in total. The molecule has 0 fully saturated rings. The lowest BCUT2D eigenvalue weighted by atomic mass is 10.1. The van der Waals surface area contributed by atoms with Gasteiger partial charge in [0.15, 0.2) is 11.5 Å². The van der Waals surface area contributed by atoms with Crippen molar-refractivity contribution in [3.63, 3.8) is 0 Å². The molecule has 4 aromatic rings. The predicted octanol–water partition coefficient (Wildman–Crippen LogP) is 4.70. The van der Waals surface area contributed by atoms with E-state index in [2.05, 4.69) is 10.3 Å². The number of benzene rings is 3. The number of para-hydroxylation sites is 1. The summed E-state index contributed by atoms with van der Waals surface area (Å²) in [6, 6.07) is 22.9. The van der Waals surface area contributed by atoms with Gasteiger partial charge in [0.25, 0.3) is 5.56 Å². The van der Waals surface area contributed by atoms with E-state index in [1.54, 1.807) is 0 Å². The Morgan fingerprint density at radius 3 is 2.33 bits per heavy atom. The maximum atomic E-state index is 12.5. The van der Waals surface area contributed by atoms with Crippen LogP contribution < -0.4 is 25.1 Å². The molecule has 3 aromatic carbocycles. The summed E-state index contributed by atoms with van der Waals surface area (Å²) in [5.74, 6) is 2.90. The summed E-state index contributed by atoms with van der Waals surface area (Å²) < 4.78 is 17.0. The Bertz CT molecular complexity index is 1230. The number of H-pyrrole nitrogens is 1. The Kier molecular flexibility index (Phi) is 4.73. The van der Waals surface area contributed by atoms with Gasteiger partial charge < -0.3 is 24.5 Å². The highest BCUT2D eigenvalue weighted by Crippen LogP contribution is 2.33. The van der Waals surface area contributed by atoms with Crippen molar-refractivity contribution in [3.8, 4) is 23.0 Å². The normalized spacial score (nSPS) is 12.5.